The minimum absolute atomic E-state index is 0.120. The van der Waals surface area contributed by atoms with Gasteiger partial charge in [0.05, 0.1) is 6.26 Å². The molecule has 1 atom stereocenters. The Balaban J connectivity index is 1.51. The number of anilines is 1. The molecule has 29 heavy (non-hydrogen) atoms. The maximum atomic E-state index is 12.4. The van der Waals surface area contributed by atoms with Gasteiger partial charge in [0, 0.05) is 17.7 Å². The maximum Gasteiger partial charge on any atom is 0.306 e. The minimum Gasteiger partial charge on any atom is -0.454 e. The van der Waals surface area contributed by atoms with E-state index in [1.165, 1.54) is 31.2 Å². The molecule has 8 nitrogen and oxygen atoms in total. The summed E-state index contributed by atoms with van der Waals surface area (Å²) in [6, 6.07) is 11.4. The number of ketones is 1. The van der Waals surface area contributed by atoms with E-state index in [2.05, 4.69) is 4.72 Å². The summed E-state index contributed by atoms with van der Waals surface area (Å²) in [5.41, 5.74) is 1.57. The lowest BCUT2D eigenvalue weighted by molar-refractivity contribution is -0.146. The summed E-state index contributed by atoms with van der Waals surface area (Å²) in [4.78, 5) is 24.5. The fourth-order valence-corrected chi connectivity index (χ4v) is 3.37. The number of hydrogen-bond donors (Lipinski definition) is 1. The number of benzene rings is 2. The van der Waals surface area contributed by atoms with Crippen molar-refractivity contribution >= 4 is 27.5 Å². The summed E-state index contributed by atoms with van der Waals surface area (Å²) in [5, 5.41) is 0. The van der Waals surface area contributed by atoms with Gasteiger partial charge in [-0.05, 0) is 55.3 Å². The fourth-order valence-electron chi connectivity index (χ4n) is 2.80. The Bertz CT molecular complexity index is 1020. The molecule has 0 spiro atoms. The van der Waals surface area contributed by atoms with Crippen LogP contribution < -0.4 is 14.2 Å². The van der Waals surface area contributed by atoms with Gasteiger partial charge in [0.2, 0.25) is 22.6 Å². The third kappa shape index (κ3) is 5.71. The summed E-state index contributed by atoms with van der Waals surface area (Å²) in [6.07, 6.45) is 0.654. The van der Waals surface area contributed by atoms with Gasteiger partial charge in [0.1, 0.15) is 0 Å². The van der Waals surface area contributed by atoms with Crippen molar-refractivity contribution in [2.45, 2.75) is 25.9 Å². The first-order valence-corrected chi connectivity index (χ1v) is 10.8. The lowest BCUT2D eigenvalue weighted by Gasteiger charge is -2.13. The van der Waals surface area contributed by atoms with Gasteiger partial charge in [-0.25, -0.2) is 8.42 Å². The van der Waals surface area contributed by atoms with E-state index >= 15 is 0 Å². The first kappa shape index (κ1) is 20.7. The number of esters is 1. The molecule has 3 rings (SSSR count). The Labute approximate surface area is 168 Å². The van der Waals surface area contributed by atoms with Gasteiger partial charge in [-0.15, -0.1) is 0 Å². The normalized spacial score (nSPS) is 13.6. The van der Waals surface area contributed by atoms with Crippen LogP contribution in [0.3, 0.4) is 0 Å². The zero-order valence-electron chi connectivity index (χ0n) is 16.0. The highest BCUT2D eigenvalue weighted by molar-refractivity contribution is 7.92. The van der Waals surface area contributed by atoms with Gasteiger partial charge in [-0.1, -0.05) is 6.07 Å². The van der Waals surface area contributed by atoms with Crippen LogP contribution in [0.4, 0.5) is 5.69 Å². The van der Waals surface area contributed by atoms with Crippen LogP contribution in [0.2, 0.25) is 0 Å². The third-order valence-corrected chi connectivity index (χ3v) is 4.81. The zero-order valence-corrected chi connectivity index (χ0v) is 16.8. The van der Waals surface area contributed by atoms with Crippen molar-refractivity contribution in [3.63, 3.8) is 0 Å². The van der Waals surface area contributed by atoms with Gasteiger partial charge in [-0.2, -0.15) is 0 Å². The van der Waals surface area contributed by atoms with Crippen molar-refractivity contribution in [3.05, 3.63) is 53.6 Å². The van der Waals surface area contributed by atoms with Crippen molar-refractivity contribution in [2.24, 2.45) is 0 Å². The van der Waals surface area contributed by atoms with Crippen molar-refractivity contribution in [2.75, 3.05) is 17.8 Å². The smallest absolute Gasteiger partial charge is 0.306 e. The van der Waals surface area contributed by atoms with Crippen LogP contribution in [0.1, 0.15) is 29.3 Å². The lowest BCUT2D eigenvalue weighted by Crippen LogP contribution is -2.24. The second-order valence-electron chi connectivity index (χ2n) is 6.64. The third-order valence-electron chi connectivity index (χ3n) is 4.20. The number of nitrogens with one attached hydrogen (secondary N) is 1. The molecule has 0 aliphatic carbocycles. The number of ether oxygens (including phenoxy) is 3. The molecular formula is C20H21NO7S. The molecule has 0 bridgehead atoms. The molecule has 2 aromatic carbocycles. The van der Waals surface area contributed by atoms with E-state index in [9.17, 15) is 18.0 Å². The van der Waals surface area contributed by atoms with E-state index in [4.69, 9.17) is 14.2 Å². The van der Waals surface area contributed by atoms with Crippen molar-refractivity contribution in [3.8, 4) is 11.5 Å². The number of rotatable bonds is 8. The highest BCUT2D eigenvalue weighted by atomic mass is 32.2. The monoisotopic (exact) mass is 419 g/mol. The molecule has 1 heterocycles. The average molecular weight is 419 g/mol. The quantitative estimate of drug-likeness (QED) is 0.517. The van der Waals surface area contributed by atoms with Crippen molar-refractivity contribution in [1.82, 2.24) is 0 Å². The van der Waals surface area contributed by atoms with Gasteiger partial charge in [0.15, 0.2) is 17.6 Å². The Hall–Kier alpha value is -3.07. The van der Waals surface area contributed by atoms with Crippen LogP contribution in [0.5, 0.6) is 11.5 Å². The molecule has 1 aliphatic rings. The van der Waals surface area contributed by atoms with Gasteiger partial charge in [-0.3, -0.25) is 14.3 Å². The molecule has 0 saturated heterocycles. The van der Waals surface area contributed by atoms with Crippen LogP contribution >= 0.6 is 0 Å². The highest BCUT2D eigenvalue weighted by Gasteiger charge is 2.20. The first-order chi connectivity index (χ1) is 13.7. The predicted octanol–water partition coefficient (Wildman–Crippen LogP) is 2.53. The number of hydrogen-bond acceptors (Lipinski definition) is 7. The van der Waals surface area contributed by atoms with E-state index in [1.807, 2.05) is 12.1 Å². The molecular weight excluding hydrogens is 398 g/mol. The molecule has 0 aromatic heterocycles. The molecule has 0 saturated carbocycles. The standard InChI is InChI=1S/C20H21NO7S/c1-13(20(23)15-5-7-16(8-6-15)21-29(2,24)25)28-19(22)10-4-14-3-9-17-18(11-14)27-12-26-17/h3,5-9,11,13,21H,4,10,12H2,1-2H3/t13-/m1/s1. The summed E-state index contributed by atoms with van der Waals surface area (Å²) in [5.74, 6) is 0.465. The van der Waals surface area contributed by atoms with E-state index in [-0.39, 0.29) is 19.0 Å². The summed E-state index contributed by atoms with van der Waals surface area (Å²) >= 11 is 0. The topological polar surface area (TPSA) is 108 Å². The number of fused-ring (bicyclic) bond motifs is 1. The van der Waals surface area contributed by atoms with Crippen LogP contribution in [0, 0.1) is 0 Å². The predicted molar refractivity (Wildman–Crippen MR) is 106 cm³/mol. The van der Waals surface area contributed by atoms with Crippen molar-refractivity contribution < 1.29 is 32.2 Å². The van der Waals surface area contributed by atoms with E-state index < -0.39 is 22.1 Å². The van der Waals surface area contributed by atoms with E-state index in [0.717, 1.165) is 11.8 Å². The molecule has 0 radical (unpaired) electrons. The Morgan fingerprint density at radius 3 is 2.48 bits per heavy atom. The number of Topliss-reactive ketones (excluding diaryl/α,β-unsaturated/α-hetero) is 1. The molecule has 0 amide bonds. The Kier molecular flexibility index (Phi) is 6.07. The second kappa shape index (κ2) is 8.52. The first-order valence-electron chi connectivity index (χ1n) is 8.91. The Morgan fingerprint density at radius 2 is 1.79 bits per heavy atom. The van der Waals surface area contributed by atoms with Crippen molar-refractivity contribution in [1.29, 1.82) is 0 Å². The number of sulfonamides is 1. The zero-order chi connectivity index (χ0) is 21.0. The van der Waals surface area contributed by atoms with E-state index in [1.54, 1.807) is 6.07 Å². The highest BCUT2D eigenvalue weighted by Crippen LogP contribution is 2.32. The number of carbonyl (C=O) groups is 2. The number of carbonyl (C=O) groups excluding carboxylic acids is 2. The molecule has 2 aromatic rings. The maximum absolute atomic E-state index is 12.4. The van der Waals surface area contributed by atoms with Crippen LogP contribution in [0.15, 0.2) is 42.5 Å². The van der Waals surface area contributed by atoms with Crippen LogP contribution in [-0.2, 0) is 26.0 Å². The van der Waals surface area contributed by atoms with Gasteiger partial charge < -0.3 is 14.2 Å². The Morgan fingerprint density at radius 1 is 1.10 bits per heavy atom. The van der Waals surface area contributed by atoms with Gasteiger partial charge in [0.25, 0.3) is 0 Å². The largest absolute Gasteiger partial charge is 0.454 e. The van der Waals surface area contributed by atoms with Crippen LogP contribution in [0.25, 0.3) is 0 Å². The van der Waals surface area contributed by atoms with E-state index in [0.29, 0.717) is 29.2 Å². The molecule has 9 heteroatoms. The molecule has 0 fully saturated rings. The molecule has 154 valence electrons. The fraction of sp³-hybridized carbons (Fsp3) is 0.300. The summed E-state index contributed by atoms with van der Waals surface area (Å²) < 4.78 is 40.5. The number of aryl methyl sites for hydroxylation is 1. The SMILES string of the molecule is C[C@@H](OC(=O)CCc1ccc2c(c1)OCO2)C(=O)c1ccc(NS(C)(=O)=O)cc1. The molecule has 0 unspecified atom stereocenters. The lowest BCUT2D eigenvalue weighted by atomic mass is 10.1. The summed E-state index contributed by atoms with van der Waals surface area (Å²) in [6.45, 7) is 1.69. The second-order valence-corrected chi connectivity index (χ2v) is 8.38. The summed E-state index contributed by atoms with van der Waals surface area (Å²) in [7, 11) is -3.39. The minimum atomic E-state index is -3.39. The average Bonchev–Trinajstić information content (AvgIpc) is 3.13. The van der Waals surface area contributed by atoms with Gasteiger partial charge >= 0.3 is 5.97 Å². The van der Waals surface area contributed by atoms with Crippen LogP contribution in [-0.4, -0.2) is 39.3 Å². The molecule has 1 aliphatic heterocycles. The molecule has 1 N–H and O–H groups in total.